The molecule has 1 heteroatoms. The van der Waals surface area contributed by atoms with Gasteiger partial charge >= 0.3 is 0 Å². The second kappa shape index (κ2) is 17.4. The molecule has 15 aromatic carbocycles. The van der Waals surface area contributed by atoms with E-state index < -0.39 is 0 Å². The van der Waals surface area contributed by atoms with Crippen molar-refractivity contribution in [3.05, 3.63) is 279 Å². The summed E-state index contributed by atoms with van der Waals surface area (Å²) in [4.78, 5) is 0. The standard InChI is InChI=1S/C40H24O.C34H22/c1-2-11-26-22-29(21-20-25(26)10-1)38-30-14-5-7-16-32(30)39(33-17-8-6-15-31(33)38)34-18-9-19-36-40(34)35-23-27-12-3-4-13-28(27)24-37(35)41-36;1-2-12-25-22-26(21-20-23(25)10-1)33-29-15-5-7-17-31(29)34(32-18-8-6-16-30(32)33)28-19-9-13-24-11-3-4-14-27(24)28/h1-24H;1-22H. The maximum Gasteiger partial charge on any atom is 0.136 e. The maximum atomic E-state index is 6.48. The monoisotopic (exact) mass is 950 g/mol. The highest BCUT2D eigenvalue weighted by Gasteiger charge is 2.22. The molecule has 0 spiro atoms. The van der Waals surface area contributed by atoms with E-state index in [1.54, 1.807) is 0 Å². The third-order valence-corrected chi connectivity index (χ3v) is 15.6. The molecule has 0 saturated carbocycles. The first-order chi connectivity index (χ1) is 37.2. The van der Waals surface area contributed by atoms with Gasteiger partial charge < -0.3 is 4.42 Å². The van der Waals surface area contributed by atoms with Crippen molar-refractivity contribution in [1.29, 1.82) is 0 Å². The van der Waals surface area contributed by atoms with Crippen LogP contribution in [-0.4, -0.2) is 0 Å². The molecule has 16 aromatic rings. The molecule has 75 heavy (non-hydrogen) atoms. The lowest BCUT2D eigenvalue weighted by molar-refractivity contribution is 0.669. The molecule has 0 radical (unpaired) electrons. The lowest BCUT2D eigenvalue weighted by Gasteiger charge is -2.19. The van der Waals surface area contributed by atoms with Gasteiger partial charge in [-0.05, 0) is 161 Å². The molecule has 1 aromatic heterocycles. The minimum Gasteiger partial charge on any atom is -0.456 e. The quantitative estimate of drug-likeness (QED) is 0.160. The van der Waals surface area contributed by atoms with Gasteiger partial charge in [0.15, 0.2) is 0 Å². The average Bonchev–Trinajstić information content (AvgIpc) is 3.89. The largest absolute Gasteiger partial charge is 0.456 e. The van der Waals surface area contributed by atoms with Gasteiger partial charge in [-0.15, -0.1) is 0 Å². The number of hydrogen-bond donors (Lipinski definition) is 0. The van der Waals surface area contributed by atoms with Crippen LogP contribution in [0.25, 0.3) is 153 Å². The summed E-state index contributed by atoms with van der Waals surface area (Å²) in [6.45, 7) is 0. The summed E-state index contributed by atoms with van der Waals surface area (Å²) in [5.74, 6) is 0. The van der Waals surface area contributed by atoms with Crippen LogP contribution in [0.2, 0.25) is 0 Å². The number of benzene rings is 15. The lowest BCUT2D eigenvalue weighted by Crippen LogP contribution is -1.91. The molecule has 1 nitrogen and oxygen atoms in total. The van der Waals surface area contributed by atoms with Gasteiger partial charge in [0.1, 0.15) is 11.2 Å². The Morgan fingerprint density at radius 2 is 0.533 bits per heavy atom. The first-order valence-corrected chi connectivity index (χ1v) is 25.9. The zero-order valence-corrected chi connectivity index (χ0v) is 41.0. The number of rotatable bonds is 4. The summed E-state index contributed by atoms with van der Waals surface area (Å²) in [7, 11) is 0. The van der Waals surface area contributed by atoms with Crippen LogP contribution in [0.15, 0.2) is 283 Å². The van der Waals surface area contributed by atoms with Gasteiger partial charge in [-0.2, -0.15) is 0 Å². The Morgan fingerprint density at radius 1 is 0.187 bits per heavy atom. The van der Waals surface area contributed by atoms with Crippen LogP contribution in [-0.2, 0) is 0 Å². The SMILES string of the molecule is c1ccc2cc(-c3c4ccccc4c(-c4cccc5ccccc45)c4ccccc34)ccc2c1.c1ccc2cc(-c3c4ccccc4c(-c4cccc5oc6cc7ccccc7cc6c45)c4ccccc34)ccc2c1. The molecule has 1 heterocycles. The van der Waals surface area contributed by atoms with Crippen LogP contribution >= 0.6 is 0 Å². The van der Waals surface area contributed by atoms with Gasteiger partial charge in [0, 0.05) is 10.8 Å². The van der Waals surface area contributed by atoms with Crippen molar-refractivity contribution in [1.82, 2.24) is 0 Å². The highest BCUT2D eigenvalue weighted by atomic mass is 16.3. The summed E-state index contributed by atoms with van der Waals surface area (Å²) in [5, 5.41) is 22.5. The van der Waals surface area contributed by atoms with Gasteiger partial charge in [0.2, 0.25) is 0 Å². The van der Waals surface area contributed by atoms with Gasteiger partial charge in [-0.1, -0.05) is 249 Å². The van der Waals surface area contributed by atoms with E-state index in [0.29, 0.717) is 0 Å². The lowest BCUT2D eigenvalue weighted by atomic mass is 9.84. The zero-order chi connectivity index (χ0) is 49.4. The Hall–Kier alpha value is -9.82. The van der Waals surface area contributed by atoms with E-state index >= 15 is 0 Å². The fraction of sp³-hybridized carbons (Fsp3) is 0. The summed E-state index contributed by atoms with van der Waals surface area (Å²) < 4.78 is 6.48. The van der Waals surface area contributed by atoms with Crippen LogP contribution in [0.5, 0.6) is 0 Å². The third-order valence-electron chi connectivity index (χ3n) is 15.6. The van der Waals surface area contributed by atoms with E-state index in [-0.39, 0.29) is 0 Å². The predicted molar refractivity (Wildman–Crippen MR) is 322 cm³/mol. The van der Waals surface area contributed by atoms with Gasteiger partial charge in [0.25, 0.3) is 0 Å². The topological polar surface area (TPSA) is 13.1 Å². The fourth-order valence-electron chi connectivity index (χ4n) is 12.3. The first-order valence-electron chi connectivity index (χ1n) is 25.9. The Labute approximate surface area is 433 Å². The summed E-state index contributed by atoms with van der Waals surface area (Å²) in [5.41, 5.74) is 12.0. The van der Waals surface area contributed by atoms with Crippen molar-refractivity contribution in [3.63, 3.8) is 0 Å². The summed E-state index contributed by atoms with van der Waals surface area (Å²) in [6, 6.07) is 101. The molecule has 0 N–H and O–H groups in total. The molecule has 0 fully saturated rings. The van der Waals surface area contributed by atoms with Crippen molar-refractivity contribution in [2.45, 2.75) is 0 Å². The van der Waals surface area contributed by atoms with E-state index in [9.17, 15) is 0 Å². The molecule has 0 amide bonds. The van der Waals surface area contributed by atoms with Crippen LogP contribution in [0.1, 0.15) is 0 Å². The predicted octanol–water partition coefficient (Wildman–Crippen LogP) is 21.2. The van der Waals surface area contributed by atoms with Gasteiger partial charge in [-0.3, -0.25) is 0 Å². The number of hydrogen-bond acceptors (Lipinski definition) is 1. The molecule has 0 aliphatic rings. The van der Waals surface area contributed by atoms with E-state index in [4.69, 9.17) is 4.42 Å². The Morgan fingerprint density at radius 3 is 1.03 bits per heavy atom. The molecular formula is C74H46O. The number of fused-ring (bicyclic) bond motifs is 11. The van der Waals surface area contributed by atoms with Crippen LogP contribution < -0.4 is 0 Å². The van der Waals surface area contributed by atoms with Crippen molar-refractivity contribution in [2.24, 2.45) is 0 Å². The Balaban J connectivity index is 0.000000134. The Kier molecular flexibility index (Phi) is 9.96. The second-order valence-electron chi connectivity index (χ2n) is 19.8. The van der Waals surface area contributed by atoms with Crippen LogP contribution in [0, 0.1) is 0 Å². The minimum atomic E-state index is 0.916. The van der Waals surface area contributed by atoms with Crippen molar-refractivity contribution in [3.8, 4) is 44.5 Å². The molecule has 0 aliphatic heterocycles. The normalized spacial score (nSPS) is 11.7. The van der Waals surface area contributed by atoms with E-state index in [2.05, 4.69) is 279 Å². The smallest absolute Gasteiger partial charge is 0.136 e. The zero-order valence-electron chi connectivity index (χ0n) is 41.0. The molecule has 348 valence electrons. The molecule has 0 saturated heterocycles. The molecule has 16 rings (SSSR count). The highest BCUT2D eigenvalue weighted by Crippen LogP contribution is 2.49. The summed E-state index contributed by atoms with van der Waals surface area (Å²) in [6.07, 6.45) is 0. The third kappa shape index (κ3) is 7.01. The fourth-order valence-corrected chi connectivity index (χ4v) is 12.3. The summed E-state index contributed by atoms with van der Waals surface area (Å²) >= 11 is 0. The van der Waals surface area contributed by atoms with Crippen molar-refractivity contribution in [2.75, 3.05) is 0 Å². The van der Waals surface area contributed by atoms with Gasteiger partial charge in [0.05, 0.1) is 0 Å². The molecule has 0 unspecified atom stereocenters. The maximum absolute atomic E-state index is 6.48. The molecule has 0 aliphatic carbocycles. The first kappa shape index (κ1) is 42.8. The van der Waals surface area contributed by atoms with Crippen LogP contribution in [0.3, 0.4) is 0 Å². The van der Waals surface area contributed by atoms with Gasteiger partial charge in [-0.25, -0.2) is 0 Å². The minimum absolute atomic E-state index is 0.916. The van der Waals surface area contributed by atoms with Crippen LogP contribution in [0.4, 0.5) is 0 Å². The second-order valence-corrected chi connectivity index (χ2v) is 19.8. The molecule has 0 atom stereocenters. The molecular weight excluding hydrogens is 905 g/mol. The molecule has 0 bridgehead atoms. The average molecular weight is 951 g/mol. The van der Waals surface area contributed by atoms with Crippen molar-refractivity contribution >= 4 is 108 Å². The van der Waals surface area contributed by atoms with E-state index in [1.165, 1.54) is 136 Å². The number of furan rings is 1. The van der Waals surface area contributed by atoms with Crippen molar-refractivity contribution < 1.29 is 4.42 Å². The van der Waals surface area contributed by atoms with E-state index in [0.717, 1.165) is 16.6 Å². The highest BCUT2D eigenvalue weighted by molar-refractivity contribution is 6.27. The van der Waals surface area contributed by atoms with E-state index in [1.807, 2.05) is 0 Å². The Bertz CT molecular complexity index is 4840.